The third-order valence-corrected chi connectivity index (χ3v) is 4.41. The van der Waals surface area contributed by atoms with Crippen LogP contribution in [0.5, 0.6) is 5.75 Å². The molecule has 0 bridgehead atoms. The Balaban J connectivity index is 1.74. The fraction of sp³-hybridized carbons (Fsp3) is 0.278. The molecule has 1 saturated heterocycles. The number of nitrogens with one attached hydrogen (secondary N) is 1. The van der Waals surface area contributed by atoms with E-state index in [2.05, 4.69) is 20.0 Å². The number of imidazole rings is 1. The molecule has 0 saturated carbocycles. The van der Waals surface area contributed by atoms with Gasteiger partial charge < -0.3 is 14.6 Å². The second-order valence-electron chi connectivity index (χ2n) is 6.04. The van der Waals surface area contributed by atoms with Crippen molar-refractivity contribution in [2.24, 2.45) is 0 Å². The fourth-order valence-electron chi connectivity index (χ4n) is 3.18. The summed E-state index contributed by atoms with van der Waals surface area (Å²) in [5.41, 5.74) is 1.85. The molecule has 2 aromatic heterocycles. The van der Waals surface area contributed by atoms with E-state index in [1.54, 1.807) is 19.5 Å². The molecule has 1 atom stereocenters. The second kappa shape index (κ2) is 6.43. The zero-order chi connectivity index (χ0) is 17.2. The highest BCUT2D eigenvalue weighted by Gasteiger charge is 2.22. The SMILES string of the molecule is COc1ccc(-n2cccn2)c(-c2nccn2CC2CCC(=O)N2)c1. The lowest BCUT2D eigenvalue weighted by molar-refractivity contribution is -0.119. The molecular formula is C18H19N5O2. The lowest BCUT2D eigenvalue weighted by Crippen LogP contribution is -2.29. The van der Waals surface area contributed by atoms with Gasteiger partial charge in [-0.05, 0) is 30.7 Å². The van der Waals surface area contributed by atoms with Gasteiger partial charge in [0.2, 0.25) is 5.91 Å². The Morgan fingerprint density at radius 1 is 1.32 bits per heavy atom. The van der Waals surface area contributed by atoms with Crippen molar-refractivity contribution in [2.75, 3.05) is 7.11 Å². The zero-order valence-corrected chi connectivity index (χ0v) is 13.9. The number of benzene rings is 1. The molecule has 3 aromatic rings. The van der Waals surface area contributed by atoms with E-state index in [0.29, 0.717) is 13.0 Å². The van der Waals surface area contributed by atoms with Crippen LogP contribution in [0.15, 0.2) is 49.1 Å². The van der Waals surface area contributed by atoms with E-state index in [1.165, 1.54) is 0 Å². The topological polar surface area (TPSA) is 74.0 Å². The van der Waals surface area contributed by atoms with E-state index in [9.17, 15) is 4.79 Å². The maximum absolute atomic E-state index is 11.5. The average Bonchev–Trinajstić information content (AvgIpc) is 3.37. The number of hydrogen-bond donors (Lipinski definition) is 1. The van der Waals surface area contributed by atoms with Gasteiger partial charge in [-0.15, -0.1) is 0 Å². The van der Waals surface area contributed by atoms with Crippen LogP contribution in [0.1, 0.15) is 12.8 Å². The van der Waals surface area contributed by atoms with Crippen LogP contribution in [0.25, 0.3) is 17.1 Å². The highest BCUT2D eigenvalue weighted by molar-refractivity contribution is 5.78. The monoisotopic (exact) mass is 337 g/mol. The summed E-state index contributed by atoms with van der Waals surface area (Å²) in [7, 11) is 1.65. The Morgan fingerprint density at radius 2 is 2.24 bits per heavy atom. The maximum Gasteiger partial charge on any atom is 0.220 e. The minimum Gasteiger partial charge on any atom is -0.497 e. The van der Waals surface area contributed by atoms with Crippen LogP contribution in [0, 0.1) is 0 Å². The molecule has 1 fully saturated rings. The Labute approximate surface area is 145 Å². The Morgan fingerprint density at radius 3 is 2.96 bits per heavy atom. The van der Waals surface area contributed by atoms with E-state index in [-0.39, 0.29) is 11.9 Å². The fourth-order valence-corrected chi connectivity index (χ4v) is 3.18. The predicted octanol–water partition coefficient (Wildman–Crippen LogP) is 2.02. The van der Waals surface area contributed by atoms with Gasteiger partial charge in [0.15, 0.2) is 0 Å². The lowest BCUT2D eigenvalue weighted by atomic mass is 10.1. The normalized spacial score (nSPS) is 16.8. The number of nitrogens with zero attached hydrogens (tertiary/aromatic N) is 4. The summed E-state index contributed by atoms with van der Waals surface area (Å²) < 4.78 is 9.27. The largest absolute Gasteiger partial charge is 0.497 e. The third kappa shape index (κ3) is 3.00. The minimum absolute atomic E-state index is 0.116. The summed E-state index contributed by atoms with van der Waals surface area (Å²) in [6.07, 6.45) is 8.79. The summed E-state index contributed by atoms with van der Waals surface area (Å²) in [5.74, 6) is 1.70. The minimum atomic E-state index is 0.116. The van der Waals surface area contributed by atoms with Gasteiger partial charge in [-0.2, -0.15) is 5.10 Å². The van der Waals surface area contributed by atoms with Gasteiger partial charge in [-0.25, -0.2) is 9.67 Å². The van der Waals surface area contributed by atoms with Crippen molar-refractivity contribution >= 4 is 5.91 Å². The molecule has 1 unspecified atom stereocenters. The molecule has 3 heterocycles. The highest BCUT2D eigenvalue weighted by atomic mass is 16.5. The third-order valence-electron chi connectivity index (χ3n) is 4.41. The van der Waals surface area contributed by atoms with Crippen LogP contribution in [-0.4, -0.2) is 38.4 Å². The van der Waals surface area contributed by atoms with Crippen LogP contribution in [0.2, 0.25) is 0 Å². The Kier molecular flexibility index (Phi) is 3.97. The number of amides is 1. The van der Waals surface area contributed by atoms with E-state index < -0.39 is 0 Å². The number of carbonyl (C=O) groups is 1. The van der Waals surface area contributed by atoms with Gasteiger partial charge in [0.25, 0.3) is 0 Å². The molecule has 1 amide bonds. The van der Waals surface area contributed by atoms with Crippen molar-refractivity contribution in [2.45, 2.75) is 25.4 Å². The van der Waals surface area contributed by atoms with Crippen molar-refractivity contribution in [1.82, 2.24) is 24.6 Å². The van der Waals surface area contributed by atoms with Crippen molar-refractivity contribution < 1.29 is 9.53 Å². The first kappa shape index (κ1) is 15.4. The molecule has 0 spiro atoms. The van der Waals surface area contributed by atoms with Crippen molar-refractivity contribution in [3.05, 3.63) is 49.1 Å². The smallest absolute Gasteiger partial charge is 0.220 e. The molecule has 7 nitrogen and oxygen atoms in total. The van der Waals surface area contributed by atoms with Crippen molar-refractivity contribution in [3.63, 3.8) is 0 Å². The van der Waals surface area contributed by atoms with Gasteiger partial charge in [0.05, 0.1) is 12.8 Å². The first-order valence-corrected chi connectivity index (χ1v) is 8.23. The summed E-state index contributed by atoms with van der Waals surface area (Å²) in [5, 5.41) is 7.34. The first-order valence-electron chi connectivity index (χ1n) is 8.23. The average molecular weight is 337 g/mol. The molecular weight excluding hydrogens is 318 g/mol. The molecule has 0 aliphatic carbocycles. The first-order chi connectivity index (χ1) is 12.2. The maximum atomic E-state index is 11.5. The summed E-state index contributed by atoms with van der Waals surface area (Å²) in [4.78, 5) is 16.0. The molecule has 1 N–H and O–H groups in total. The van der Waals surface area contributed by atoms with Crippen molar-refractivity contribution in [3.8, 4) is 22.8 Å². The van der Waals surface area contributed by atoms with Crippen LogP contribution >= 0.6 is 0 Å². The molecule has 25 heavy (non-hydrogen) atoms. The zero-order valence-electron chi connectivity index (χ0n) is 13.9. The molecule has 1 aliphatic rings. The van der Waals surface area contributed by atoms with Gasteiger partial charge in [0.1, 0.15) is 11.6 Å². The number of carbonyl (C=O) groups excluding carboxylic acids is 1. The highest BCUT2D eigenvalue weighted by Crippen LogP contribution is 2.30. The summed E-state index contributed by atoms with van der Waals surface area (Å²) >= 11 is 0. The van der Waals surface area contributed by atoms with E-state index >= 15 is 0 Å². The number of methoxy groups -OCH3 is 1. The van der Waals surface area contributed by atoms with Gasteiger partial charge >= 0.3 is 0 Å². The molecule has 4 rings (SSSR count). The van der Waals surface area contributed by atoms with Gasteiger partial charge in [0, 0.05) is 49.4 Å². The Bertz CT molecular complexity index is 885. The lowest BCUT2D eigenvalue weighted by Gasteiger charge is -2.16. The predicted molar refractivity (Wildman–Crippen MR) is 92.5 cm³/mol. The van der Waals surface area contributed by atoms with Crippen molar-refractivity contribution in [1.29, 1.82) is 0 Å². The molecule has 1 aromatic carbocycles. The van der Waals surface area contributed by atoms with Crippen LogP contribution in [-0.2, 0) is 11.3 Å². The van der Waals surface area contributed by atoms with Gasteiger partial charge in [-0.1, -0.05) is 0 Å². The number of hydrogen-bond acceptors (Lipinski definition) is 4. The Hall–Kier alpha value is -3.09. The van der Waals surface area contributed by atoms with E-state index in [1.807, 2.05) is 41.3 Å². The quantitative estimate of drug-likeness (QED) is 0.773. The van der Waals surface area contributed by atoms with E-state index in [4.69, 9.17) is 4.74 Å². The van der Waals surface area contributed by atoms with Crippen LogP contribution < -0.4 is 10.1 Å². The summed E-state index contributed by atoms with van der Waals surface area (Å²) in [6, 6.07) is 7.86. The second-order valence-corrected chi connectivity index (χ2v) is 6.04. The molecule has 1 aliphatic heterocycles. The van der Waals surface area contributed by atoms with Crippen LogP contribution in [0.4, 0.5) is 0 Å². The van der Waals surface area contributed by atoms with E-state index in [0.717, 1.165) is 29.2 Å². The molecule has 7 heteroatoms. The standard InChI is InChI=1S/C18H19N5O2/c1-25-14-4-5-16(23-9-2-7-20-23)15(11-14)18-19-8-10-22(18)12-13-3-6-17(24)21-13/h2,4-5,7-11,13H,3,6,12H2,1H3,(H,21,24). The van der Waals surface area contributed by atoms with Gasteiger partial charge in [-0.3, -0.25) is 4.79 Å². The molecule has 128 valence electrons. The number of ether oxygens (including phenoxy) is 1. The molecule has 0 radical (unpaired) electrons. The number of aromatic nitrogens is 4. The number of rotatable bonds is 5. The van der Waals surface area contributed by atoms with Crippen LogP contribution in [0.3, 0.4) is 0 Å². The summed E-state index contributed by atoms with van der Waals surface area (Å²) in [6.45, 7) is 0.691.